The summed E-state index contributed by atoms with van der Waals surface area (Å²) in [7, 11) is 0. The summed E-state index contributed by atoms with van der Waals surface area (Å²) in [6.07, 6.45) is 0. The summed E-state index contributed by atoms with van der Waals surface area (Å²) in [6, 6.07) is 5.95. The zero-order chi connectivity index (χ0) is 13.8. The van der Waals surface area contributed by atoms with Crippen molar-refractivity contribution in [2.24, 2.45) is 0 Å². The van der Waals surface area contributed by atoms with Crippen LogP contribution in [-0.4, -0.2) is 42.9 Å². The van der Waals surface area contributed by atoms with Crippen molar-refractivity contribution in [2.75, 3.05) is 31.5 Å². The summed E-state index contributed by atoms with van der Waals surface area (Å²) >= 11 is 0. The maximum absolute atomic E-state index is 12.0. The Labute approximate surface area is 113 Å². The highest BCUT2D eigenvalue weighted by molar-refractivity contribution is 5.93. The first-order valence-corrected chi connectivity index (χ1v) is 6.41. The molecule has 1 heterocycles. The first-order chi connectivity index (χ1) is 9.04. The van der Waals surface area contributed by atoms with Gasteiger partial charge in [0.05, 0.1) is 13.1 Å². The van der Waals surface area contributed by atoms with E-state index in [1.54, 1.807) is 0 Å². The lowest BCUT2D eigenvalue weighted by atomic mass is 10.1. The van der Waals surface area contributed by atoms with Crippen molar-refractivity contribution < 1.29 is 9.59 Å². The fourth-order valence-corrected chi connectivity index (χ4v) is 2.09. The van der Waals surface area contributed by atoms with E-state index in [1.165, 1.54) is 0 Å². The first kappa shape index (κ1) is 13.5. The van der Waals surface area contributed by atoms with Crippen LogP contribution in [0.3, 0.4) is 0 Å². The maximum Gasteiger partial charge on any atom is 0.238 e. The van der Waals surface area contributed by atoms with E-state index in [2.05, 4.69) is 10.6 Å². The van der Waals surface area contributed by atoms with Crippen LogP contribution in [0, 0.1) is 13.8 Å². The van der Waals surface area contributed by atoms with E-state index in [0.29, 0.717) is 19.6 Å². The minimum Gasteiger partial charge on any atom is -0.354 e. The van der Waals surface area contributed by atoms with Crippen LogP contribution in [0.5, 0.6) is 0 Å². The Hall–Kier alpha value is -1.88. The van der Waals surface area contributed by atoms with Gasteiger partial charge in [-0.25, -0.2) is 0 Å². The summed E-state index contributed by atoms with van der Waals surface area (Å²) < 4.78 is 0. The zero-order valence-corrected chi connectivity index (χ0v) is 11.3. The summed E-state index contributed by atoms with van der Waals surface area (Å²) in [4.78, 5) is 25.0. The minimum absolute atomic E-state index is 0.0224. The SMILES string of the molecule is Cc1ccc(C)c(NC(=O)CN2CCNC(=O)C2)c1. The van der Waals surface area contributed by atoms with E-state index in [9.17, 15) is 9.59 Å². The predicted octanol–water partition coefficient (Wildman–Crippen LogP) is 0.674. The van der Waals surface area contributed by atoms with Crippen LogP contribution in [0.25, 0.3) is 0 Å². The number of carbonyl (C=O) groups is 2. The molecule has 5 heteroatoms. The molecule has 2 amide bonds. The fourth-order valence-electron chi connectivity index (χ4n) is 2.09. The number of aryl methyl sites for hydroxylation is 2. The Bertz CT molecular complexity index is 499. The summed E-state index contributed by atoms with van der Waals surface area (Å²) in [6.45, 7) is 5.82. The molecule has 0 unspecified atom stereocenters. The highest BCUT2D eigenvalue weighted by atomic mass is 16.2. The number of carbonyl (C=O) groups excluding carboxylic acids is 2. The van der Waals surface area contributed by atoms with Gasteiger partial charge < -0.3 is 10.6 Å². The molecule has 1 aromatic rings. The van der Waals surface area contributed by atoms with E-state index >= 15 is 0 Å². The van der Waals surface area contributed by atoms with Crippen LogP contribution in [0.4, 0.5) is 5.69 Å². The second kappa shape index (κ2) is 5.84. The van der Waals surface area contributed by atoms with E-state index in [-0.39, 0.29) is 18.4 Å². The van der Waals surface area contributed by atoms with Crippen molar-refractivity contribution in [1.29, 1.82) is 0 Å². The molecule has 0 bridgehead atoms. The number of rotatable bonds is 3. The molecule has 2 N–H and O–H groups in total. The number of anilines is 1. The smallest absolute Gasteiger partial charge is 0.238 e. The van der Waals surface area contributed by atoms with Crippen molar-refractivity contribution >= 4 is 17.5 Å². The largest absolute Gasteiger partial charge is 0.354 e. The predicted molar refractivity (Wildman–Crippen MR) is 74.0 cm³/mol. The molecule has 5 nitrogen and oxygen atoms in total. The zero-order valence-electron chi connectivity index (χ0n) is 11.3. The Morgan fingerprint density at radius 2 is 2.21 bits per heavy atom. The fraction of sp³-hybridized carbons (Fsp3) is 0.429. The summed E-state index contributed by atoms with van der Waals surface area (Å²) in [5, 5.41) is 5.64. The lowest BCUT2D eigenvalue weighted by Gasteiger charge is -2.25. The average Bonchev–Trinajstić information content (AvgIpc) is 2.34. The number of benzene rings is 1. The number of amides is 2. The lowest BCUT2D eigenvalue weighted by Crippen LogP contribution is -2.49. The third kappa shape index (κ3) is 3.79. The van der Waals surface area contributed by atoms with Crippen molar-refractivity contribution in [2.45, 2.75) is 13.8 Å². The Balaban J connectivity index is 1.93. The number of piperazine rings is 1. The van der Waals surface area contributed by atoms with Gasteiger partial charge >= 0.3 is 0 Å². The van der Waals surface area contributed by atoms with Gasteiger partial charge in [0.1, 0.15) is 0 Å². The second-order valence-corrected chi connectivity index (χ2v) is 4.93. The monoisotopic (exact) mass is 261 g/mol. The second-order valence-electron chi connectivity index (χ2n) is 4.93. The summed E-state index contributed by atoms with van der Waals surface area (Å²) in [5.74, 6) is -0.103. The van der Waals surface area contributed by atoms with Crippen molar-refractivity contribution in [3.05, 3.63) is 29.3 Å². The molecule has 0 aliphatic carbocycles. The number of hydrogen-bond acceptors (Lipinski definition) is 3. The molecule has 0 aromatic heterocycles. The highest BCUT2D eigenvalue weighted by Crippen LogP contribution is 2.16. The maximum atomic E-state index is 12.0. The normalized spacial score (nSPS) is 16.0. The molecule has 1 aromatic carbocycles. The molecule has 0 saturated carbocycles. The van der Waals surface area contributed by atoms with E-state index in [0.717, 1.165) is 16.8 Å². The number of hydrogen-bond donors (Lipinski definition) is 2. The average molecular weight is 261 g/mol. The Kier molecular flexibility index (Phi) is 4.16. The standard InChI is InChI=1S/C14H19N3O2/c1-10-3-4-11(2)12(7-10)16-14(19)9-17-6-5-15-13(18)8-17/h3-4,7H,5-6,8-9H2,1-2H3,(H,15,18)(H,16,19). The van der Waals surface area contributed by atoms with Crippen molar-refractivity contribution in [3.63, 3.8) is 0 Å². The first-order valence-electron chi connectivity index (χ1n) is 6.41. The quantitative estimate of drug-likeness (QED) is 0.841. The van der Waals surface area contributed by atoms with Gasteiger partial charge in [-0.05, 0) is 31.0 Å². The lowest BCUT2D eigenvalue weighted by molar-refractivity contribution is -0.125. The molecule has 0 radical (unpaired) electrons. The number of nitrogens with one attached hydrogen (secondary N) is 2. The van der Waals surface area contributed by atoms with Crippen LogP contribution in [-0.2, 0) is 9.59 Å². The molecule has 2 rings (SSSR count). The molecular formula is C14H19N3O2. The molecule has 1 aliphatic heterocycles. The Morgan fingerprint density at radius 1 is 1.42 bits per heavy atom. The Morgan fingerprint density at radius 3 is 2.95 bits per heavy atom. The minimum atomic E-state index is -0.0802. The molecule has 0 atom stereocenters. The van der Waals surface area contributed by atoms with Crippen LogP contribution < -0.4 is 10.6 Å². The molecule has 0 spiro atoms. The van der Waals surface area contributed by atoms with Crippen molar-refractivity contribution in [1.82, 2.24) is 10.2 Å². The van der Waals surface area contributed by atoms with Gasteiger partial charge in [0.15, 0.2) is 0 Å². The molecule has 19 heavy (non-hydrogen) atoms. The topological polar surface area (TPSA) is 61.4 Å². The van der Waals surface area contributed by atoms with Gasteiger partial charge in [-0.3, -0.25) is 14.5 Å². The highest BCUT2D eigenvalue weighted by Gasteiger charge is 2.18. The van der Waals surface area contributed by atoms with E-state index in [4.69, 9.17) is 0 Å². The van der Waals surface area contributed by atoms with Gasteiger partial charge in [0.2, 0.25) is 11.8 Å². The molecule has 1 saturated heterocycles. The molecule has 102 valence electrons. The number of nitrogens with zero attached hydrogens (tertiary/aromatic N) is 1. The van der Waals surface area contributed by atoms with Crippen molar-refractivity contribution in [3.8, 4) is 0 Å². The van der Waals surface area contributed by atoms with Gasteiger partial charge in [0, 0.05) is 18.8 Å². The van der Waals surface area contributed by atoms with E-state index in [1.807, 2.05) is 36.9 Å². The molecular weight excluding hydrogens is 242 g/mol. The third-order valence-corrected chi connectivity index (χ3v) is 3.15. The molecule has 1 fully saturated rings. The van der Waals surface area contributed by atoms with E-state index < -0.39 is 0 Å². The molecule has 1 aliphatic rings. The van der Waals surface area contributed by atoms with Crippen LogP contribution in [0.2, 0.25) is 0 Å². The summed E-state index contributed by atoms with van der Waals surface area (Å²) in [5.41, 5.74) is 2.99. The van der Waals surface area contributed by atoms with Gasteiger partial charge in [-0.15, -0.1) is 0 Å². The van der Waals surface area contributed by atoms with Crippen LogP contribution in [0.15, 0.2) is 18.2 Å². The third-order valence-electron chi connectivity index (χ3n) is 3.15. The van der Waals surface area contributed by atoms with Gasteiger partial charge in [-0.2, -0.15) is 0 Å². The van der Waals surface area contributed by atoms with Gasteiger partial charge in [-0.1, -0.05) is 12.1 Å². The van der Waals surface area contributed by atoms with Crippen LogP contribution in [0.1, 0.15) is 11.1 Å². The van der Waals surface area contributed by atoms with Crippen LogP contribution >= 0.6 is 0 Å². The van der Waals surface area contributed by atoms with Gasteiger partial charge in [0.25, 0.3) is 0 Å².